The molecule has 0 aromatic heterocycles. The van der Waals surface area contributed by atoms with Crippen molar-refractivity contribution in [2.24, 2.45) is 0 Å². The third-order valence-electron chi connectivity index (χ3n) is 3.79. The minimum absolute atomic E-state index is 0.00489. The second-order valence-electron chi connectivity index (χ2n) is 5.88. The Kier molecular flexibility index (Phi) is 6.05. The van der Waals surface area contributed by atoms with E-state index >= 15 is 0 Å². The number of para-hydroxylation sites is 1. The Balaban J connectivity index is 1.90. The molecule has 1 amide bonds. The summed E-state index contributed by atoms with van der Waals surface area (Å²) in [6.07, 6.45) is 0.401. The van der Waals surface area contributed by atoms with Crippen molar-refractivity contribution in [3.63, 3.8) is 0 Å². The van der Waals surface area contributed by atoms with Crippen molar-refractivity contribution in [3.8, 4) is 0 Å². The quantitative estimate of drug-likeness (QED) is 0.763. The smallest absolute Gasteiger partial charge is 0.226 e. The highest BCUT2D eigenvalue weighted by atomic mass is 35.5. The van der Waals surface area contributed by atoms with Crippen LogP contribution in [0.2, 0.25) is 5.02 Å². The molecule has 3 nitrogen and oxygen atoms in total. The maximum atomic E-state index is 12.2. The van der Waals surface area contributed by atoms with Crippen molar-refractivity contribution in [3.05, 3.63) is 58.6 Å². The predicted octanol–water partition coefficient (Wildman–Crippen LogP) is 5.21. The summed E-state index contributed by atoms with van der Waals surface area (Å²) in [5, 5.41) is 6.99. The van der Waals surface area contributed by atoms with E-state index in [1.165, 1.54) is 0 Å². The van der Waals surface area contributed by atoms with Gasteiger partial charge in [-0.1, -0.05) is 49.7 Å². The lowest BCUT2D eigenvalue weighted by atomic mass is 10.0. The van der Waals surface area contributed by atoms with Crippen LogP contribution in [0.15, 0.2) is 42.5 Å². The molecule has 0 aliphatic rings. The molecule has 0 spiro atoms. The highest BCUT2D eigenvalue weighted by molar-refractivity contribution is 6.31. The Hall–Kier alpha value is -2.00. The molecule has 2 rings (SSSR count). The van der Waals surface area contributed by atoms with Crippen LogP contribution in [0.1, 0.15) is 37.3 Å². The van der Waals surface area contributed by atoms with Crippen LogP contribution in [-0.4, -0.2) is 12.5 Å². The highest BCUT2D eigenvalue weighted by Crippen LogP contribution is 2.24. The van der Waals surface area contributed by atoms with Crippen LogP contribution in [0.3, 0.4) is 0 Å². The van der Waals surface area contributed by atoms with Crippen LogP contribution >= 0.6 is 11.6 Å². The number of carbonyl (C=O) groups is 1. The van der Waals surface area contributed by atoms with Crippen LogP contribution in [0, 0.1) is 6.92 Å². The van der Waals surface area contributed by atoms with Gasteiger partial charge in [-0.3, -0.25) is 4.79 Å². The maximum absolute atomic E-state index is 12.2. The van der Waals surface area contributed by atoms with Crippen molar-refractivity contribution in [1.82, 2.24) is 0 Å². The summed E-state index contributed by atoms with van der Waals surface area (Å²) in [4.78, 5) is 12.2. The lowest BCUT2D eigenvalue weighted by Gasteiger charge is -2.14. The third kappa shape index (κ3) is 4.73. The fraction of sp³-hybridized carbons (Fsp3) is 0.316. The molecule has 4 heteroatoms. The van der Waals surface area contributed by atoms with E-state index in [1.807, 2.05) is 49.4 Å². The summed E-state index contributed by atoms with van der Waals surface area (Å²) in [5.41, 5.74) is 4.01. The standard InChI is InChI=1S/C19H23ClN2O/c1-13(2)15-7-4-5-9-18(15)22-19(23)11-12-21-17-10-6-8-16(20)14(17)3/h4-10,13,21H,11-12H2,1-3H3,(H,22,23). The summed E-state index contributed by atoms with van der Waals surface area (Å²) >= 11 is 6.09. The lowest BCUT2D eigenvalue weighted by Crippen LogP contribution is -2.17. The second-order valence-corrected chi connectivity index (χ2v) is 6.29. The third-order valence-corrected chi connectivity index (χ3v) is 4.20. The van der Waals surface area contributed by atoms with E-state index in [9.17, 15) is 4.79 Å². The summed E-state index contributed by atoms with van der Waals surface area (Å²) in [7, 11) is 0. The van der Waals surface area contributed by atoms with Crippen LogP contribution in [-0.2, 0) is 4.79 Å². The molecule has 0 aliphatic carbocycles. The van der Waals surface area contributed by atoms with Gasteiger partial charge in [0.1, 0.15) is 0 Å². The molecular formula is C19H23ClN2O. The summed E-state index contributed by atoms with van der Waals surface area (Å²) < 4.78 is 0. The number of carbonyl (C=O) groups excluding carboxylic acids is 1. The number of rotatable bonds is 6. The van der Waals surface area contributed by atoms with Gasteiger partial charge in [0, 0.05) is 29.4 Å². The number of benzene rings is 2. The summed E-state index contributed by atoms with van der Waals surface area (Å²) in [5.74, 6) is 0.379. The zero-order chi connectivity index (χ0) is 16.8. The van der Waals surface area contributed by atoms with E-state index in [0.717, 1.165) is 27.5 Å². The van der Waals surface area contributed by atoms with Gasteiger partial charge in [-0.05, 0) is 42.2 Å². The Morgan fingerprint density at radius 2 is 1.78 bits per heavy atom. The van der Waals surface area contributed by atoms with Crippen LogP contribution < -0.4 is 10.6 Å². The van der Waals surface area contributed by atoms with Gasteiger partial charge >= 0.3 is 0 Å². The van der Waals surface area contributed by atoms with E-state index in [0.29, 0.717) is 18.9 Å². The number of halogens is 1. The first-order chi connectivity index (χ1) is 11.0. The summed E-state index contributed by atoms with van der Waals surface area (Å²) in [6.45, 7) is 6.77. The average molecular weight is 331 g/mol. The van der Waals surface area contributed by atoms with Crippen LogP contribution in [0.25, 0.3) is 0 Å². The highest BCUT2D eigenvalue weighted by Gasteiger charge is 2.09. The first-order valence-electron chi connectivity index (χ1n) is 7.86. The zero-order valence-corrected chi connectivity index (χ0v) is 14.6. The van der Waals surface area contributed by atoms with E-state index < -0.39 is 0 Å². The first kappa shape index (κ1) is 17.4. The van der Waals surface area contributed by atoms with Gasteiger partial charge < -0.3 is 10.6 Å². The molecule has 0 unspecified atom stereocenters. The van der Waals surface area contributed by atoms with E-state index in [2.05, 4.69) is 24.5 Å². The topological polar surface area (TPSA) is 41.1 Å². The predicted molar refractivity (Wildman–Crippen MR) is 98.5 cm³/mol. The normalized spacial score (nSPS) is 10.7. The number of amides is 1. The zero-order valence-electron chi connectivity index (χ0n) is 13.8. The van der Waals surface area contributed by atoms with Crippen molar-refractivity contribution >= 4 is 28.9 Å². The van der Waals surface area contributed by atoms with Gasteiger partial charge in [0.15, 0.2) is 0 Å². The van der Waals surface area contributed by atoms with Crippen molar-refractivity contribution < 1.29 is 4.79 Å². The van der Waals surface area contributed by atoms with Crippen molar-refractivity contribution in [2.45, 2.75) is 33.1 Å². The molecule has 0 atom stereocenters. The number of hydrogen-bond acceptors (Lipinski definition) is 2. The average Bonchev–Trinajstić information content (AvgIpc) is 2.52. The fourth-order valence-electron chi connectivity index (χ4n) is 2.44. The van der Waals surface area contributed by atoms with Gasteiger partial charge in [-0.25, -0.2) is 0 Å². The molecule has 0 fully saturated rings. The van der Waals surface area contributed by atoms with Gasteiger partial charge in [-0.2, -0.15) is 0 Å². The molecule has 2 aromatic rings. The second kappa shape index (κ2) is 8.02. The molecule has 0 heterocycles. The number of hydrogen-bond donors (Lipinski definition) is 2. The molecule has 2 aromatic carbocycles. The molecule has 23 heavy (non-hydrogen) atoms. The number of anilines is 2. The molecule has 0 saturated carbocycles. The Morgan fingerprint density at radius 3 is 2.52 bits per heavy atom. The van der Waals surface area contributed by atoms with Gasteiger partial charge in [0.2, 0.25) is 5.91 Å². The van der Waals surface area contributed by atoms with Crippen molar-refractivity contribution in [2.75, 3.05) is 17.2 Å². The monoisotopic (exact) mass is 330 g/mol. The van der Waals surface area contributed by atoms with Crippen LogP contribution in [0.5, 0.6) is 0 Å². The molecule has 0 bridgehead atoms. The fourth-order valence-corrected chi connectivity index (χ4v) is 2.61. The Labute approximate surface area is 143 Å². The molecule has 0 radical (unpaired) electrons. The van der Waals surface area contributed by atoms with Crippen LogP contribution in [0.4, 0.5) is 11.4 Å². The molecular weight excluding hydrogens is 308 g/mol. The first-order valence-corrected chi connectivity index (χ1v) is 8.24. The largest absolute Gasteiger partial charge is 0.384 e. The minimum atomic E-state index is 0.00489. The Bertz CT molecular complexity index is 683. The van der Waals surface area contributed by atoms with Gasteiger partial charge in [0.05, 0.1) is 0 Å². The van der Waals surface area contributed by atoms with E-state index in [-0.39, 0.29) is 5.91 Å². The molecule has 2 N–H and O–H groups in total. The lowest BCUT2D eigenvalue weighted by molar-refractivity contribution is -0.115. The van der Waals surface area contributed by atoms with Gasteiger partial charge in [0.25, 0.3) is 0 Å². The Morgan fingerprint density at radius 1 is 1.09 bits per heavy atom. The van der Waals surface area contributed by atoms with E-state index in [4.69, 9.17) is 11.6 Å². The molecule has 122 valence electrons. The van der Waals surface area contributed by atoms with Crippen molar-refractivity contribution in [1.29, 1.82) is 0 Å². The van der Waals surface area contributed by atoms with E-state index in [1.54, 1.807) is 0 Å². The number of nitrogens with one attached hydrogen (secondary N) is 2. The SMILES string of the molecule is Cc1c(Cl)cccc1NCCC(=O)Nc1ccccc1C(C)C. The minimum Gasteiger partial charge on any atom is -0.384 e. The molecule has 0 saturated heterocycles. The van der Waals surface area contributed by atoms with Gasteiger partial charge in [-0.15, -0.1) is 0 Å². The molecule has 0 aliphatic heterocycles. The summed E-state index contributed by atoms with van der Waals surface area (Å²) in [6, 6.07) is 13.7. The maximum Gasteiger partial charge on any atom is 0.226 e.